The van der Waals surface area contributed by atoms with Gasteiger partial charge in [0.2, 0.25) is 0 Å². The molecule has 0 bridgehead atoms. The topological polar surface area (TPSA) is 65.2 Å². The number of benzene rings is 2. The lowest BCUT2D eigenvalue weighted by atomic mass is 10.1. The number of aromatic nitrogens is 2. The first kappa shape index (κ1) is 20.5. The van der Waals surface area contributed by atoms with E-state index in [9.17, 15) is 18.0 Å². The normalized spacial score (nSPS) is 13.9. The number of halogens is 3. The Morgan fingerprint density at radius 1 is 1.03 bits per heavy atom. The van der Waals surface area contributed by atoms with Gasteiger partial charge in [-0.3, -0.25) is 9.48 Å². The first-order valence-electron chi connectivity index (χ1n) is 9.60. The van der Waals surface area contributed by atoms with Crippen molar-refractivity contribution in [2.45, 2.75) is 0 Å². The van der Waals surface area contributed by atoms with E-state index in [4.69, 9.17) is 5.26 Å². The molecule has 2 heterocycles. The maximum Gasteiger partial charge on any atom is 0.257 e. The van der Waals surface area contributed by atoms with Crippen LogP contribution in [0.4, 0.5) is 18.9 Å². The number of anilines is 1. The summed E-state index contributed by atoms with van der Waals surface area (Å²) in [5, 5.41) is 13.1. The molecule has 0 N–H and O–H groups in total. The third-order valence-electron chi connectivity index (χ3n) is 5.23. The Morgan fingerprint density at radius 3 is 2.42 bits per heavy atom. The summed E-state index contributed by atoms with van der Waals surface area (Å²) in [5.41, 5.74) is 1.02. The number of rotatable bonds is 3. The van der Waals surface area contributed by atoms with Crippen LogP contribution in [0.3, 0.4) is 0 Å². The van der Waals surface area contributed by atoms with Gasteiger partial charge in [-0.1, -0.05) is 0 Å². The lowest BCUT2D eigenvalue weighted by Crippen LogP contribution is -2.49. The standard InChI is InChI=1S/C22H18F3N5O/c1-28-13-17(21(27-28)16-4-3-15(23)11-18(16)24)22(31)30-8-6-29(7-9-30)20-5-2-14(12-26)10-19(20)25/h2-5,10-11,13H,6-9H2,1H3. The molecule has 0 atom stereocenters. The molecule has 4 rings (SSSR count). The molecule has 1 aliphatic rings. The Bertz CT molecular complexity index is 1190. The van der Waals surface area contributed by atoms with Crippen LogP contribution in [0.25, 0.3) is 11.3 Å². The smallest absolute Gasteiger partial charge is 0.257 e. The Balaban J connectivity index is 1.53. The molecule has 3 aromatic rings. The molecule has 1 aromatic heterocycles. The van der Waals surface area contributed by atoms with E-state index in [0.29, 0.717) is 31.9 Å². The maximum absolute atomic E-state index is 14.3. The Morgan fingerprint density at radius 2 is 1.77 bits per heavy atom. The zero-order valence-electron chi connectivity index (χ0n) is 16.6. The van der Waals surface area contributed by atoms with Crippen LogP contribution in [-0.4, -0.2) is 46.8 Å². The van der Waals surface area contributed by atoms with Crippen LogP contribution >= 0.6 is 0 Å². The average molecular weight is 425 g/mol. The number of carbonyl (C=O) groups excluding carboxylic acids is 1. The quantitative estimate of drug-likeness (QED) is 0.646. The van der Waals surface area contributed by atoms with Crippen molar-refractivity contribution < 1.29 is 18.0 Å². The second kappa shape index (κ2) is 8.14. The number of carbonyl (C=O) groups is 1. The van der Waals surface area contributed by atoms with E-state index in [0.717, 1.165) is 12.1 Å². The number of hydrogen-bond donors (Lipinski definition) is 0. The summed E-state index contributed by atoms with van der Waals surface area (Å²) >= 11 is 0. The fourth-order valence-corrected chi connectivity index (χ4v) is 3.68. The Hall–Kier alpha value is -3.80. The van der Waals surface area contributed by atoms with E-state index in [2.05, 4.69) is 5.10 Å². The number of piperazine rings is 1. The second-order valence-corrected chi connectivity index (χ2v) is 7.25. The predicted octanol–water partition coefficient (Wildman–Crippen LogP) is 3.34. The minimum Gasteiger partial charge on any atom is -0.366 e. The fourth-order valence-electron chi connectivity index (χ4n) is 3.68. The van der Waals surface area contributed by atoms with Gasteiger partial charge < -0.3 is 9.80 Å². The third kappa shape index (κ3) is 3.97. The Kier molecular flexibility index (Phi) is 5.38. The maximum atomic E-state index is 14.3. The summed E-state index contributed by atoms with van der Waals surface area (Å²) in [5.74, 6) is -2.32. The van der Waals surface area contributed by atoms with Crippen molar-refractivity contribution in [3.05, 3.63) is 71.2 Å². The highest BCUT2D eigenvalue weighted by atomic mass is 19.1. The molecule has 0 unspecified atom stereocenters. The van der Waals surface area contributed by atoms with Gasteiger partial charge in [0.15, 0.2) is 0 Å². The fraction of sp³-hybridized carbons (Fsp3) is 0.227. The zero-order valence-corrected chi connectivity index (χ0v) is 16.6. The van der Waals surface area contributed by atoms with Gasteiger partial charge in [-0.25, -0.2) is 13.2 Å². The van der Waals surface area contributed by atoms with Gasteiger partial charge in [0, 0.05) is 51.1 Å². The van der Waals surface area contributed by atoms with Gasteiger partial charge in [-0.05, 0) is 30.3 Å². The molecule has 6 nitrogen and oxygen atoms in total. The van der Waals surface area contributed by atoms with Crippen LogP contribution in [0.2, 0.25) is 0 Å². The molecule has 2 aromatic carbocycles. The van der Waals surface area contributed by atoms with Crippen molar-refractivity contribution in [1.29, 1.82) is 5.26 Å². The molecule has 1 aliphatic heterocycles. The van der Waals surface area contributed by atoms with Crippen LogP contribution in [0.15, 0.2) is 42.6 Å². The lowest BCUT2D eigenvalue weighted by molar-refractivity contribution is 0.0747. The first-order chi connectivity index (χ1) is 14.9. The van der Waals surface area contributed by atoms with E-state index in [1.165, 1.54) is 23.0 Å². The number of hydrogen-bond acceptors (Lipinski definition) is 4. The first-order valence-corrected chi connectivity index (χ1v) is 9.60. The molecular weight excluding hydrogens is 407 g/mol. The van der Waals surface area contributed by atoms with Gasteiger partial charge in [-0.2, -0.15) is 10.4 Å². The molecule has 158 valence electrons. The molecule has 0 spiro atoms. The molecule has 1 saturated heterocycles. The minimum absolute atomic E-state index is 0.0450. The molecule has 9 heteroatoms. The van der Waals surface area contributed by atoms with E-state index in [-0.39, 0.29) is 28.3 Å². The monoisotopic (exact) mass is 425 g/mol. The molecule has 0 radical (unpaired) electrons. The van der Waals surface area contributed by atoms with Crippen molar-refractivity contribution in [2.24, 2.45) is 7.05 Å². The van der Waals surface area contributed by atoms with Crippen LogP contribution in [-0.2, 0) is 7.05 Å². The highest BCUT2D eigenvalue weighted by Gasteiger charge is 2.28. The van der Waals surface area contributed by atoms with Crippen LogP contribution in [0.1, 0.15) is 15.9 Å². The van der Waals surface area contributed by atoms with E-state index in [1.54, 1.807) is 24.1 Å². The molecule has 31 heavy (non-hydrogen) atoms. The van der Waals surface area contributed by atoms with Gasteiger partial charge in [0.25, 0.3) is 5.91 Å². The van der Waals surface area contributed by atoms with Gasteiger partial charge in [-0.15, -0.1) is 0 Å². The highest BCUT2D eigenvalue weighted by Crippen LogP contribution is 2.27. The summed E-state index contributed by atoms with van der Waals surface area (Å²) < 4.78 is 43.3. The second-order valence-electron chi connectivity index (χ2n) is 7.25. The summed E-state index contributed by atoms with van der Waals surface area (Å²) in [6, 6.07) is 9.32. The van der Waals surface area contributed by atoms with Crippen molar-refractivity contribution in [3.63, 3.8) is 0 Å². The molecule has 1 amide bonds. The lowest BCUT2D eigenvalue weighted by Gasteiger charge is -2.36. The average Bonchev–Trinajstić information content (AvgIpc) is 3.14. The minimum atomic E-state index is -0.797. The van der Waals surface area contributed by atoms with Crippen molar-refractivity contribution in [3.8, 4) is 17.3 Å². The van der Waals surface area contributed by atoms with Crippen molar-refractivity contribution in [1.82, 2.24) is 14.7 Å². The van der Waals surface area contributed by atoms with Gasteiger partial charge in [0.1, 0.15) is 23.1 Å². The van der Waals surface area contributed by atoms with Gasteiger partial charge in [0.05, 0.1) is 22.9 Å². The summed E-state index contributed by atoms with van der Waals surface area (Å²) in [6.07, 6.45) is 1.51. The SMILES string of the molecule is Cn1cc(C(=O)N2CCN(c3ccc(C#N)cc3F)CC2)c(-c2ccc(F)cc2F)n1. The van der Waals surface area contributed by atoms with Gasteiger partial charge >= 0.3 is 0 Å². The largest absolute Gasteiger partial charge is 0.366 e. The molecule has 0 aliphatic carbocycles. The third-order valence-corrected chi connectivity index (χ3v) is 5.23. The number of nitriles is 1. The molecular formula is C22H18F3N5O. The van der Waals surface area contributed by atoms with E-state index >= 15 is 0 Å². The highest BCUT2D eigenvalue weighted by molar-refractivity contribution is 6.00. The van der Waals surface area contributed by atoms with Crippen LogP contribution in [0.5, 0.6) is 0 Å². The summed E-state index contributed by atoms with van der Waals surface area (Å²) in [7, 11) is 1.62. The molecule has 0 saturated carbocycles. The van der Waals surface area contributed by atoms with E-state index in [1.807, 2.05) is 11.0 Å². The number of amides is 1. The van der Waals surface area contributed by atoms with Crippen molar-refractivity contribution >= 4 is 11.6 Å². The van der Waals surface area contributed by atoms with Crippen LogP contribution < -0.4 is 4.90 Å². The Labute approximate surface area is 176 Å². The molecule has 1 fully saturated rings. The van der Waals surface area contributed by atoms with Crippen molar-refractivity contribution in [2.75, 3.05) is 31.1 Å². The number of aryl methyl sites for hydroxylation is 1. The predicted molar refractivity (Wildman–Crippen MR) is 108 cm³/mol. The zero-order chi connectivity index (χ0) is 22.1. The number of nitrogens with zero attached hydrogens (tertiary/aromatic N) is 5. The summed E-state index contributed by atoms with van der Waals surface area (Å²) in [6.45, 7) is 1.46. The van der Waals surface area contributed by atoms with E-state index < -0.39 is 17.5 Å². The van der Waals surface area contributed by atoms with Crippen LogP contribution in [0, 0.1) is 28.8 Å². The summed E-state index contributed by atoms with van der Waals surface area (Å²) in [4.78, 5) is 16.5.